The molecule has 12 heteroatoms. The Labute approximate surface area is 253 Å². The van der Waals surface area contributed by atoms with Crippen molar-refractivity contribution in [1.29, 1.82) is 0 Å². The Morgan fingerprint density at radius 2 is 1.86 bits per heavy atom. The van der Waals surface area contributed by atoms with Gasteiger partial charge in [-0.15, -0.1) is 0 Å². The largest absolute Gasteiger partial charge is 0.487 e. The first kappa shape index (κ1) is 29.8. The molecule has 5 rings (SSSR count). The number of furan rings is 1. The number of ketones is 1. The topological polar surface area (TPSA) is 148 Å². The van der Waals surface area contributed by atoms with E-state index in [1.807, 2.05) is 32.9 Å². The number of benzene rings is 2. The lowest BCUT2D eigenvalue weighted by Crippen LogP contribution is -2.55. The predicted octanol–water partition coefficient (Wildman–Crippen LogP) is 4.27. The molecule has 224 valence electrons. The number of carbonyl (C=O) groups is 4. The van der Waals surface area contributed by atoms with Crippen molar-refractivity contribution in [2.75, 3.05) is 19.6 Å². The van der Waals surface area contributed by atoms with Crippen molar-refractivity contribution < 1.29 is 28.3 Å². The molecule has 1 saturated heterocycles. The van der Waals surface area contributed by atoms with Crippen molar-refractivity contribution >= 4 is 41.1 Å². The molecule has 2 aliphatic rings. The van der Waals surface area contributed by atoms with E-state index in [4.69, 9.17) is 31.5 Å². The van der Waals surface area contributed by atoms with Crippen molar-refractivity contribution in [2.45, 2.75) is 44.9 Å². The highest BCUT2D eigenvalue weighted by Gasteiger charge is 2.45. The highest BCUT2D eigenvalue weighted by atomic mass is 35.5. The SMILES string of the molecule is CC(C)(C)Oc1cc(C(=O)CC(N)=O)ccc1C1=N[C@@H](c2ccoc2)[C@@H](c2ccc(Cl)cc2)N1C(=O)N1CCNC(=O)C1. The number of piperazine rings is 1. The number of aliphatic imine (C=N–C) groups is 1. The molecule has 3 heterocycles. The van der Waals surface area contributed by atoms with Crippen molar-refractivity contribution in [3.63, 3.8) is 0 Å². The number of hydrogen-bond acceptors (Lipinski definition) is 7. The van der Waals surface area contributed by atoms with Crippen LogP contribution in [0.4, 0.5) is 4.79 Å². The van der Waals surface area contributed by atoms with Gasteiger partial charge in [0, 0.05) is 29.2 Å². The Hall–Kier alpha value is -4.64. The van der Waals surface area contributed by atoms with Gasteiger partial charge in [0.05, 0.1) is 30.6 Å². The fourth-order valence-corrected chi connectivity index (χ4v) is 5.27. The minimum Gasteiger partial charge on any atom is -0.487 e. The quantitative estimate of drug-likeness (QED) is 0.304. The lowest BCUT2D eigenvalue weighted by Gasteiger charge is -2.36. The molecule has 1 fully saturated rings. The van der Waals surface area contributed by atoms with Gasteiger partial charge >= 0.3 is 6.03 Å². The summed E-state index contributed by atoms with van der Waals surface area (Å²) in [5.41, 5.74) is 6.74. The monoisotopic (exact) mass is 605 g/mol. The standard InChI is InChI=1S/C31H32ClN5O6/c1-31(2,3)43-24-14-19(23(38)15-25(33)39)6-9-22(24)29-35-27(20-10-13-42-17-20)28(18-4-7-21(32)8-5-18)37(29)30(41)36-12-11-34-26(40)16-36/h4-10,13-14,17,27-28H,11-12,15-16H2,1-3H3,(H2,33,39)(H,34,40)/t27-,28+/m0/s1. The number of halogens is 1. The van der Waals surface area contributed by atoms with Crippen molar-refractivity contribution in [3.05, 3.63) is 88.3 Å². The second kappa shape index (κ2) is 11.9. The Kier molecular flexibility index (Phi) is 8.27. The molecule has 43 heavy (non-hydrogen) atoms. The Balaban J connectivity index is 1.69. The van der Waals surface area contributed by atoms with Crippen LogP contribution in [0.15, 0.2) is 70.5 Å². The van der Waals surface area contributed by atoms with Crippen LogP contribution in [0.3, 0.4) is 0 Å². The zero-order chi connectivity index (χ0) is 30.9. The van der Waals surface area contributed by atoms with Gasteiger partial charge in [0.15, 0.2) is 5.78 Å². The molecule has 0 unspecified atom stereocenters. The molecule has 0 spiro atoms. The van der Waals surface area contributed by atoms with Gasteiger partial charge in [-0.1, -0.05) is 29.8 Å². The summed E-state index contributed by atoms with van der Waals surface area (Å²) in [6.07, 6.45) is 2.66. The minimum atomic E-state index is -0.747. The molecule has 3 N–H and O–H groups in total. The van der Waals surface area contributed by atoms with Crippen LogP contribution in [-0.2, 0) is 9.59 Å². The number of urea groups is 1. The number of amides is 4. The highest BCUT2D eigenvalue weighted by molar-refractivity contribution is 6.30. The second-order valence-corrected chi connectivity index (χ2v) is 11.8. The second-order valence-electron chi connectivity index (χ2n) is 11.4. The summed E-state index contributed by atoms with van der Waals surface area (Å²) in [4.78, 5) is 59.0. The van der Waals surface area contributed by atoms with Crippen LogP contribution in [0.25, 0.3) is 0 Å². The number of primary amides is 1. The third-order valence-electron chi connectivity index (χ3n) is 6.97. The fraction of sp³-hybridized carbons (Fsp3) is 0.323. The van der Waals surface area contributed by atoms with E-state index < -0.39 is 41.8 Å². The fourth-order valence-electron chi connectivity index (χ4n) is 5.15. The summed E-state index contributed by atoms with van der Waals surface area (Å²) >= 11 is 6.22. The van der Waals surface area contributed by atoms with E-state index in [2.05, 4.69) is 5.32 Å². The number of amidine groups is 1. The van der Waals surface area contributed by atoms with E-state index in [1.54, 1.807) is 41.5 Å². The zero-order valence-corrected chi connectivity index (χ0v) is 24.8. The molecule has 3 aromatic rings. The van der Waals surface area contributed by atoms with Crippen molar-refractivity contribution in [1.82, 2.24) is 15.1 Å². The van der Waals surface area contributed by atoms with Gasteiger partial charge < -0.3 is 25.1 Å². The van der Waals surface area contributed by atoms with Gasteiger partial charge in [-0.2, -0.15) is 0 Å². The lowest BCUT2D eigenvalue weighted by molar-refractivity contribution is -0.123. The van der Waals surface area contributed by atoms with Gasteiger partial charge in [-0.25, -0.2) is 4.79 Å². The first-order chi connectivity index (χ1) is 20.4. The molecule has 2 aromatic carbocycles. The highest BCUT2D eigenvalue weighted by Crippen LogP contribution is 2.45. The number of carbonyl (C=O) groups excluding carboxylic acids is 4. The summed E-state index contributed by atoms with van der Waals surface area (Å²) in [5, 5.41) is 3.29. The third kappa shape index (κ3) is 6.56. The minimum absolute atomic E-state index is 0.113. The summed E-state index contributed by atoms with van der Waals surface area (Å²) < 4.78 is 11.7. The first-order valence-corrected chi connectivity index (χ1v) is 14.1. The third-order valence-corrected chi connectivity index (χ3v) is 7.23. The molecule has 1 aromatic heterocycles. The smallest absolute Gasteiger partial charge is 0.326 e. The average molecular weight is 606 g/mol. The van der Waals surface area contributed by atoms with Crippen molar-refractivity contribution in [3.8, 4) is 5.75 Å². The summed E-state index contributed by atoms with van der Waals surface area (Å²) in [7, 11) is 0. The molecular formula is C31H32ClN5O6. The molecule has 4 amide bonds. The Morgan fingerprint density at radius 3 is 2.49 bits per heavy atom. The van der Waals surface area contributed by atoms with Crippen LogP contribution in [0.2, 0.25) is 5.02 Å². The number of nitrogens with zero attached hydrogens (tertiary/aromatic N) is 3. The van der Waals surface area contributed by atoms with E-state index in [-0.39, 0.29) is 23.9 Å². The van der Waals surface area contributed by atoms with E-state index in [0.717, 1.165) is 11.1 Å². The zero-order valence-electron chi connectivity index (χ0n) is 24.0. The summed E-state index contributed by atoms with van der Waals surface area (Å²) in [5.74, 6) is -0.896. The van der Waals surface area contributed by atoms with Crippen LogP contribution >= 0.6 is 11.6 Å². The molecule has 2 atom stereocenters. The van der Waals surface area contributed by atoms with Crippen molar-refractivity contribution in [2.24, 2.45) is 10.7 Å². The number of nitrogens with one attached hydrogen (secondary N) is 1. The number of rotatable bonds is 7. The predicted molar refractivity (Wildman–Crippen MR) is 159 cm³/mol. The number of ether oxygens (including phenoxy) is 1. The van der Waals surface area contributed by atoms with Gasteiger partial charge in [0.2, 0.25) is 11.8 Å². The number of hydrogen-bond donors (Lipinski definition) is 2. The maximum absolute atomic E-state index is 14.4. The molecule has 0 radical (unpaired) electrons. The van der Waals surface area contributed by atoms with E-state index >= 15 is 0 Å². The molecular weight excluding hydrogens is 574 g/mol. The molecule has 0 bridgehead atoms. The van der Waals surface area contributed by atoms with E-state index in [9.17, 15) is 19.2 Å². The summed E-state index contributed by atoms with van der Waals surface area (Å²) in [6.45, 7) is 6.07. The van der Waals surface area contributed by atoms with Crippen LogP contribution in [0.1, 0.15) is 66.3 Å². The summed E-state index contributed by atoms with van der Waals surface area (Å²) in [6, 6.07) is 12.0. The molecule has 11 nitrogen and oxygen atoms in total. The lowest BCUT2D eigenvalue weighted by atomic mass is 9.95. The first-order valence-electron chi connectivity index (χ1n) is 13.8. The number of Topliss-reactive ketones (excluding diaryl/α,β-unsaturated/α-hetero) is 1. The van der Waals surface area contributed by atoms with E-state index in [1.165, 1.54) is 17.2 Å². The Morgan fingerprint density at radius 1 is 1.12 bits per heavy atom. The Bertz CT molecular complexity index is 1580. The van der Waals surface area contributed by atoms with Gasteiger partial charge in [0.1, 0.15) is 29.8 Å². The van der Waals surface area contributed by atoms with Crippen LogP contribution < -0.4 is 15.8 Å². The van der Waals surface area contributed by atoms with Gasteiger partial charge in [-0.05, 0) is 56.7 Å². The normalized spacial score (nSPS) is 18.7. The molecule has 2 aliphatic heterocycles. The molecule has 0 saturated carbocycles. The van der Waals surface area contributed by atoms with Gasteiger partial charge in [-0.3, -0.25) is 24.3 Å². The van der Waals surface area contributed by atoms with Gasteiger partial charge in [0.25, 0.3) is 0 Å². The van der Waals surface area contributed by atoms with Crippen LogP contribution in [-0.4, -0.2) is 64.5 Å². The maximum Gasteiger partial charge on any atom is 0.326 e. The average Bonchev–Trinajstić information content (AvgIpc) is 3.60. The van der Waals surface area contributed by atoms with Crippen LogP contribution in [0, 0.1) is 0 Å². The maximum atomic E-state index is 14.4. The number of nitrogens with two attached hydrogens (primary N) is 1. The van der Waals surface area contributed by atoms with E-state index in [0.29, 0.717) is 29.4 Å². The molecule has 0 aliphatic carbocycles. The van der Waals surface area contributed by atoms with Crippen LogP contribution in [0.5, 0.6) is 5.75 Å².